The van der Waals surface area contributed by atoms with Gasteiger partial charge in [-0.1, -0.05) is 13.8 Å². The van der Waals surface area contributed by atoms with Gasteiger partial charge in [0.1, 0.15) is 6.54 Å². The number of hydrogen-bond acceptors (Lipinski definition) is 4. The molecule has 120 valence electrons. The van der Waals surface area contributed by atoms with E-state index in [1.165, 1.54) is 9.80 Å². The van der Waals surface area contributed by atoms with Gasteiger partial charge in [0.15, 0.2) is 0 Å². The van der Waals surface area contributed by atoms with Crippen molar-refractivity contribution < 1.29 is 14.4 Å². The molecule has 1 rings (SSSR count). The lowest BCUT2D eigenvalue weighted by Crippen LogP contribution is -2.52. The van der Waals surface area contributed by atoms with Gasteiger partial charge >= 0.3 is 6.03 Å². The fourth-order valence-corrected chi connectivity index (χ4v) is 2.41. The summed E-state index contributed by atoms with van der Waals surface area (Å²) in [5.74, 6) is -0.294. The summed E-state index contributed by atoms with van der Waals surface area (Å²) >= 11 is 0. The average molecular weight is 298 g/mol. The lowest BCUT2D eigenvalue weighted by molar-refractivity contribution is -0.126. The summed E-state index contributed by atoms with van der Waals surface area (Å²) in [6.45, 7) is 4.79. The molecule has 0 bridgehead atoms. The molecule has 0 spiro atoms. The first-order chi connectivity index (χ1) is 9.89. The van der Waals surface area contributed by atoms with Crippen molar-refractivity contribution in [2.24, 2.45) is 5.73 Å². The maximum Gasteiger partial charge on any atom is 0.326 e. The quantitative estimate of drug-likeness (QED) is 0.630. The third-order valence-corrected chi connectivity index (χ3v) is 4.17. The lowest BCUT2D eigenvalue weighted by Gasteiger charge is -2.31. The number of nitrogens with zero attached hydrogens (tertiary/aromatic N) is 2. The number of amides is 4. The number of carbonyl (C=O) groups excluding carboxylic acids is 3. The van der Waals surface area contributed by atoms with Crippen LogP contribution in [0, 0.1) is 0 Å². The van der Waals surface area contributed by atoms with E-state index < -0.39 is 0 Å². The Hall–Kier alpha value is -1.63. The topological polar surface area (TPSA) is 95.7 Å². The standard InChI is InChI=1S/C14H26N4O3/c1-4-14(5-2,10-15)16-11(19)7-6-8-18-12(20)9-17(3)13(18)21/h4-10,15H2,1-3H3,(H,16,19). The van der Waals surface area contributed by atoms with Crippen LogP contribution in [0.5, 0.6) is 0 Å². The first-order valence-corrected chi connectivity index (χ1v) is 7.45. The van der Waals surface area contributed by atoms with Crippen molar-refractivity contribution in [1.29, 1.82) is 0 Å². The van der Waals surface area contributed by atoms with Gasteiger partial charge in [0.2, 0.25) is 11.8 Å². The molecule has 0 radical (unpaired) electrons. The molecule has 1 heterocycles. The summed E-state index contributed by atoms with van der Waals surface area (Å²) in [6, 6.07) is -0.293. The van der Waals surface area contributed by atoms with Crippen molar-refractivity contribution in [3.05, 3.63) is 0 Å². The molecule has 7 heteroatoms. The van der Waals surface area contributed by atoms with E-state index in [1.54, 1.807) is 7.05 Å². The molecule has 0 aliphatic carbocycles. The van der Waals surface area contributed by atoms with Crippen LogP contribution in [0.2, 0.25) is 0 Å². The van der Waals surface area contributed by atoms with Crippen molar-refractivity contribution in [2.75, 3.05) is 26.7 Å². The van der Waals surface area contributed by atoms with Crippen molar-refractivity contribution in [2.45, 2.75) is 45.1 Å². The molecule has 0 saturated carbocycles. The predicted molar refractivity (Wildman–Crippen MR) is 79.5 cm³/mol. The van der Waals surface area contributed by atoms with Crippen molar-refractivity contribution >= 4 is 17.8 Å². The highest BCUT2D eigenvalue weighted by atomic mass is 16.2. The monoisotopic (exact) mass is 298 g/mol. The third-order valence-electron chi connectivity index (χ3n) is 4.17. The predicted octanol–water partition coefficient (Wildman–Crippen LogP) is 0.294. The molecule has 0 aromatic carbocycles. The molecule has 1 saturated heterocycles. The zero-order chi connectivity index (χ0) is 16.0. The second-order valence-corrected chi connectivity index (χ2v) is 5.53. The lowest BCUT2D eigenvalue weighted by atomic mass is 9.92. The molecule has 21 heavy (non-hydrogen) atoms. The van der Waals surface area contributed by atoms with E-state index >= 15 is 0 Å². The number of urea groups is 1. The van der Waals surface area contributed by atoms with Crippen molar-refractivity contribution in [1.82, 2.24) is 15.1 Å². The average Bonchev–Trinajstić information content (AvgIpc) is 2.71. The van der Waals surface area contributed by atoms with E-state index in [4.69, 9.17) is 5.73 Å². The van der Waals surface area contributed by atoms with Gasteiger partial charge < -0.3 is 16.0 Å². The number of carbonyl (C=O) groups is 3. The van der Waals surface area contributed by atoms with Crippen LogP contribution in [-0.2, 0) is 9.59 Å². The summed E-state index contributed by atoms with van der Waals surface area (Å²) in [5.41, 5.74) is 5.39. The minimum absolute atomic E-state index is 0.0865. The Labute approximate surface area is 125 Å². The van der Waals surface area contributed by atoms with Crippen LogP contribution in [0.25, 0.3) is 0 Å². The first kappa shape index (κ1) is 17.4. The second-order valence-electron chi connectivity index (χ2n) is 5.53. The Balaban J connectivity index is 2.40. The van der Waals surface area contributed by atoms with Crippen LogP contribution in [0.4, 0.5) is 4.79 Å². The molecule has 0 aromatic heterocycles. The van der Waals surface area contributed by atoms with E-state index in [1.807, 2.05) is 13.8 Å². The Morgan fingerprint density at radius 3 is 2.38 bits per heavy atom. The summed E-state index contributed by atoms with van der Waals surface area (Å²) in [4.78, 5) is 37.8. The van der Waals surface area contributed by atoms with Crippen LogP contribution in [0.3, 0.4) is 0 Å². The van der Waals surface area contributed by atoms with E-state index in [-0.39, 0.29) is 42.9 Å². The normalized spacial score (nSPS) is 15.8. The molecule has 3 N–H and O–H groups in total. The summed E-state index contributed by atoms with van der Waals surface area (Å²) in [5, 5.41) is 2.97. The van der Waals surface area contributed by atoms with Gasteiger partial charge in [-0.05, 0) is 19.3 Å². The van der Waals surface area contributed by atoms with Gasteiger partial charge in [-0.3, -0.25) is 14.5 Å². The smallest absolute Gasteiger partial charge is 0.326 e. The highest BCUT2D eigenvalue weighted by Gasteiger charge is 2.33. The minimum atomic E-state index is -0.351. The fraction of sp³-hybridized carbons (Fsp3) is 0.786. The molecule has 1 aliphatic heterocycles. The Kier molecular flexibility index (Phi) is 6.14. The van der Waals surface area contributed by atoms with Crippen LogP contribution < -0.4 is 11.1 Å². The van der Waals surface area contributed by atoms with Gasteiger partial charge in [-0.2, -0.15) is 0 Å². The van der Waals surface area contributed by atoms with Crippen LogP contribution >= 0.6 is 0 Å². The van der Waals surface area contributed by atoms with Crippen molar-refractivity contribution in [3.63, 3.8) is 0 Å². The Morgan fingerprint density at radius 1 is 1.33 bits per heavy atom. The van der Waals surface area contributed by atoms with Gasteiger partial charge in [-0.25, -0.2) is 4.79 Å². The first-order valence-electron chi connectivity index (χ1n) is 7.45. The number of nitrogens with one attached hydrogen (secondary N) is 1. The van der Waals surface area contributed by atoms with Gasteiger partial charge in [0.05, 0.1) is 5.54 Å². The summed E-state index contributed by atoms with van der Waals surface area (Å²) in [7, 11) is 1.59. The van der Waals surface area contributed by atoms with Crippen LogP contribution in [0.1, 0.15) is 39.5 Å². The molecule has 0 unspecified atom stereocenters. The van der Waals surface area contributed by atoms with Gasteiger partial charge in [0.25, 0.3) is 0 Å². The third kappa shape index (κ3) is 4.17. The molecule has 1 aliphatic rings. The number of rotatable bonds is 8. The molecule has 7 nitrogen and oxygen atoms in total. The maximum atomic E-state index is 12.0. The van der Waals surface area contributed by atoms with Gasteiger partial charge in [0, 0.05) is 26.6 Å². The van der Waals surface area contributed by atoms with E-state index in [0.29, 0.717) is 13.0 Å². The zero-order valence-corrected chi connectivity index (χ0v) is 13.1. The summed E-state index contributed by atoms with van der Waals surface area (Å²) in [6.07, 6.45) is 2.30. The summed E-state index contributed by atoms with van der Waals surface area (Å²) < 4.78 is 0. The number of likely N-dealkylation sites (N-methyl/N-ethyl adjacent to an activating group) is 1. The Bertz CT molecular complexity index is 399. The van der Waals surface area contributed by atoms with Crippen molar-refractivity contribution in [3.8, 4) is 0 Å². The minimum Gasteiger partial charge on any atom is -0.349 e. The molecule has 1 fully saturated rings. The highest BCUT2D eigenvalue weighted by molar-refractivity contribution is 6.01. The SMILES string of the molecule is CCC(CC)(CN)NC(=O)CCCN1C(=O)CN(C)C1=O. The van der Waals surface area contributed by atoms with E-state index in [0.717, 1.165) is 12.8 Å². The zero-order valence-electron chi connectivity index (χ0n) is 13.1. The fourth-order valence-electron chi connectivity index (χ4n) is 2.41. The molecule has 0 aromatic rings. The largest absolute Gasteiger partial charge is 0.349 e. The van der Waals surface area contributed by atoms with E-state index in [9.17, 15) is 14.4 Å². The highest BCUT2D eigenvalue weighted by Crippen LogP contribution is 2.14. The number of nitrogens with two attached hydrogens (primary N) is 1. The molecular weight excluding hydrogens is 272 g/mol. The maximum absolute atomic E-state index is 12.0. The van der Waals surface area contributed by atoms with E-state index in [2.05, 4.69) is 5.32 Å². The number of hydrogen-bond donors (Lipinski definition) is 2. The van der Waals surface area contributed by atoms with Crippen LogP contribution in [0.15, 0.2) is 0 Å². The Morgan fingerprint density at radius 2 is 1.95 bits per heavy atom. The van der Waals surface area contributed by atoms with Crippen LogP contribution in [-0.4, -0.2) is 59.9 Å². The molecular formula is C14H26N4O3. The second kappa shape index (κ2) is 7.40. The molecule has 4 amide bonds. The number of imide groups is 1. The molecule has 0 atom stereocenters. The van der Waals surface area contributed by atoms with Gasteiger partial charge in [-0.15, -0.1) is 0 Å².